The number of esters is 4. The number of phosphoric acid groups is 2. The van der Waals surface area contributed by atoms with E-state index in [1.807, 2.05) is 36.5 Å². The molecule has 5 atom stereocenters. The average molecular weight is 1550 g/mol. The van der Waals surface area contributed by atoms with Crippen molar-refractivity contribution in [3.63, 3.8) is 0 Å². The Kier molecular flexibility index (Phi) is 75.0. The highest BCUT2D eigenvalue weighted by Gasteiger charge is 2.30. The van der Waals surface area contributed by atoms with Gasteiger partial charge in [0.25, 0.3) is 0 Å². The minimum atomic E-state index is -5.03. The molecule has 0 saturated heterocycles. The molecule has 0 aromatic heterocycles. The highest BCUT2D eigenvalue weighted by Crippen LogP contribution is 2.45. The van der Waals surface area contributed by atoms with Crippen LogP contribution < -0.4 is 0 Å². The van der Waals surface area contributed by atoms with E-state index in [0.717, 1.165) is 148 Å². The molecular weight excluding hydrogens is 1400 g/mol. The molecule has 19 heteroatoms. The zero-order valence-corrected chi connectivity index (χ0v) is 68.7. The number of phosphoric ester groups is 2. The van der Waals surface area contributed by atoms with E-state index in [-0.39, 0.29) is 25.7 Å². The Balaban J connectivity index is 5.55. The fraction of sp³-hybridized carbons (Fsp3) is 0.618. The van der Waals surface area contributed by atoms with Gasteiger partial charge in [-0.25, -0.2) is 9.13 Å². The first kappa shape index (κ1) is 102. The molecule has 0 aliphatic rings. The zero-order chi connectivity index (χ0) is 78.9. The van der Waals surface area contributed by atoms with Crippen LogP contribution in [0, 0.1) is 0 Å². The van der Waals surface area contributed by atoms with Crippen LogP contribution in [0.25, 0.3) is 0 Å². The Morgan fingerprint density at radius 3 is 0.843 bits per heavy atom. The van der Waals surface area contributed by atoms with Crippen molar-refractivity contribution < 1.29 is 80.2 Å². The second-order valence-corrected chi connectivity index (χ2v) is 29.5. The van der Waals surface area contributed by atoms with E-state index in [4.69, 9.17) is 37.0 Å². The van der Waals surface area contributed by atoms with E-state index in [1.165, 1.54) is 57.8 Å². The van der Waals surface area contributed by atoms with Gasteiger partial charge in [-0.15, -0.1) is 0 Å². The van der Waals surface area contributed by atoms with Gasteiger partial charge in [-0.1, -0.05) is 293 Å². The number of ether oxygens (including phenoxy) is 4. The Bertz CT molecular complexity index is 2760. The quantitative estimate of drug-likeness (QED) is 0.0169. The number of carbonyl (C=O) groups is 4. The number of rotatable bonds is 75. The molecule has 612 valence electrons. The fourth-order valence-corrected chi connectivity index (χ4v) is 11.8. The summed E-state index contributed by atoms with van der Waals surface area (Å²) in [6, 6.07) is 0. The first-order valence-corrected chi connectivity index (χ1v) is 44.0. The van der Waals surface area contributed by atoms with Gasteiger partial charge in [0, 0.05) is 25.7 Å². The lowest BCUT2D eigenvalue weighted by Gasteiger charge is -2.21. The summed E-state index contributed by atoms with van der Waals surface area (Å²) in [6.45, 7) is 4.41. The Morgan fingerprint density at radius 1 is 0.269 bits per heavy atom. The van der Waals surface area contributed by atoms with Gasteiger partial charge in [-0.2, -0.15) is 0 Å². The van der Waals surface area contributed by atoms with Crippen LogP contribution in [0.15, 0.2) is 182 Å². The van der Waals surface area contributed by atoms with Crippen LogP contribution in [-0.2, 0) is 65.4 Å². The number of carbonyl (C=O) groups excluding carboxylic acids is 4. The van der Waals surface area contributed by atoms with Gasteiger partial charge < -0.3 is 33.8 Å². The summed E-state index contributed by atoms with van der Waals surface area (Å²) in [7, 11) is -10.0. The molecular formula is C89H144O17P2. The second kappa shape index (κ2) is 79.3. The van der Waals surface area contributed by atoms with Crippen LogP contribution in [0.3, 0.4) is 0 Å². The van der Waals surface area contributed by atoms with Gasteiger partial charge in [0.05, 0.1) is 26.4 Å². The smallest absolute Gasteiger partial charge is 0.462 e. The van der Waals surface area contributed by atoms with Crippen molar-refractivity contribution in [3.05, 3.63) is 182 Å². The minimum Gasteiger partial charge on any atom is -0.462 e. The molecule has 0 bridgehead atoms. The second-order valence-electron chi connectivity index (χ2n) is 26.6. The summed E-state index contributed by atoms with van der Waals surface area (Å²) in [4.78, 5) is 73.1. The summed E-state index contributed by atoms with van der Waals surface area (Å²) < 4.78 is 68.5. The van der Waals surface area contributed by atoms with Crippen molar-refractivity contribution in [2.45, 2.75) is 316 Å². The highest BCUT2D eigenvalue weighted by atomic mass is 31.2. The Labute approximate surface area is 654 Å². The molecule has 0 rings (SSSR count). The molecule has 0 aliphatic carbocycles. The van der Waals surface area contributed by atoms with E-state index >= 15 is 0 Å². The van der Waals surface area contributed by atoms with Crippen molar-refractivity contribution in [1.82, 2.24) is 0 Å². The Morgan fingerprint density at radius 2 is 0.500 bits per heavy atom. The summed E-state index contributed by atoms with van der Waals surface area (Å²) in [5.74, 6) is -2.41. The normalized spacial score (nSPS) is 14.8. The lowest BCUT2D eigenvalue weighted by atomic mass is 10.1. The van der Waals surface area contributed by atoms with Crippen LogP contribution in [0.4, 0.5) is 0 Å². The van der Waals surface area contributed by atoms with Gasteiger partial charge in [0.15, 0.2) is 12.2 Å². The third kappa shape index (κ3) is 78.3. The van der Waals surface area contributed by atoms with E-state index in [2.05, 4.69) is 174 Å². The Hall–Kier alpha value is -5.84. The van der Waals surface area contributed by atoms with Crippen LogP contribution in [0.2, 0.25) is 0 Å². The number of hydrogen-bond donors (Lipinski definition) is 3. The molecule has 0 aromatic rings. The summed E-state index contributed by atoms with van der Waals surface area (Å²) in [5.41, 5.74) is 0. The number of aliphatic hydroxyl groups excluding tert-OH is 1. The van der Waals surface area contributed by atoms with Crippen molar-refractivity contribution >= 4 is 39.5 Å². The number of aliphatic hydroxyl groups is 1. The van der Waals surface area contributed by atoms with Gasteiger partial charge in [-0.05, 0) is 161 Å². The van der Waals surface area contributed by atoms with Crippen LogP contribution in [-0.4, -0.2) is 96.7 Å². The molecule has 0 amide bonds. The van der Waals surface area contributed by atoms with Crippen molar-refractivity contribution in [2.24, 2.45) is 0 Å². The largest absolute Gasteiger partial charge is 0.472 e. The van der Waals surface area contributed by atoms with Crippen molar-refractivity contribution in [3.8, 4) is 0 Å². The number of hydrogen-bond acceptors (Lipinski definition) is 15. The van der Waals surface area contributed by atoms with Crippen LogP contribution in [0.5, 0.6) is 0 Å². The van der Waals surface area contributed by atoms with Gasteiger partial charge in [0.1, 0.15) is 19.3 Å². The molecule has 0 radical (unpaired) electrons. The van der Waals surface area contributed by atoms with E-state index in [0.29, 0.717) is 38.5 Å². The van der Waals surface area contributed by atoms with Crippen molar-refractivity contribution in [1.29, 1.82) is 0 Å². The predicted octanol–water partition coefficient (Wildman–Crippen LogP) is 24.3. The van der Waals surface area contributed by atoms with Crippen molar-refractivity contribution in [2.75, 3.05) is 39.6 Å². The van der Waals surface area contributed by atoms with E-state index in [1.54, 1.807) is 0 Å². The monoisotopic (exact) mass is 1550 g/mol. The third-order valence-corrected chi connectivity index (χ3v) is 18.3. The maximum Gasteiger partial charge on any atom is 0.472 e. The van der Waals surface area contributed by atoms with Gasteiger partial charge in [-0.3, -0.25) is 37.3 Å². The lowest BCUT2D eigenvalue weighted by molar-refractivity contribution is -0.161. The van der Waals surface area contributed by atoms with Gasteiger partial charge >= 0.3 is 39.5 Å². The van der Waals surface area contributed by atoms with E-state index in [9.17, 15) is 43.2 Å². The molecule has 0 aromatic carbocycles. The molecule has 108 heavy (non-hydrogen) atoms. The summed E-state index contributed by atoms with van der Waals surface area (Å²) >= 11 is 0. The maximum atomic E-state index is 13.1. The third-order valence-electron chi connectivity index (χ3n) is 16.4. The molecule has 0 spiro atoms. The SMILES string of the molecule is CC/C=C\C/C=C\C/C=C\C/C=C\C/C=C\C/C=C\CCC(=O)OC[C@H](COP(=O)(O)OC[C@@H](O)COP(=O)(O)OC[C@@H](COC(=O)CCCCCCC/C=C\CCCCCCCC)OC(=O)CCCCCCC/C=C\C/C=C\CCCCC)OC(=O)CC/C=C\C/C=C\C/C=C\C/C=C\C/C=C\C/C=C\CC. The average Bonchev–Trinajstić information content (AvgIpc) is 0.896. The molecule has 0 aliphatic heterocycles. The fourth-order valence-electron chi connectivity index (χ4n) is 10.2. The van der Waals surface area contributed by atoms with Crippen LogP contribution in [0.1, 0.15) is 297 Å². The first-order valence-electron chi connectivity index (χ1n) is 41.0. The van der Waals surface area contributed by atoms with E-state index < -0.39 is 97.5 Å². The molecule has 3 N–H and O–H groups in total. The first-order chi connectivity index (χ1) is 52.7. The molecule has 0 saturated carbocycles. The van der Waals surface area contributed by atoms with Crippen LogP contribution >= 0.6 is 15.6 Å². The van der Waals surface area contributed by atoms with Gasteiger partial charge in [0.2, 0.25) is 0 Å². The standard InChI is InChI=1S/C89H144O17P2/c1-5-9-13-17-21-25-29-33-37-39-41-43-47-50-54-58-62-66-70-74-87(92)100-80-85(106-89(94)76-72-68-64-60-56-52-48-44-42-40-38-34-30-26-22-18-14-10-6-2)82-104-108(97,98)102-78-83(90)77-101-107(95,96)103-81-84(105-88(93)75-71-67-63-59-55-51-46-36-32-28-24-20-16-12-8-4)79-99-86(91)73-69-65-61-57-53-49-45-35-31-27-23-19-15-11-7-3/h9-10,13-14,21-22,24-26,28,33-38,41-46,50,52,54,56,62,64,66,68,83-85,90H,5-8,11-12,15-20,23,27,29-32,39-40,47-49,51,53,55,57-61,63,65,67,69-82H2,1-4H3,(H,95,96)(H,97,98)/b13-9-,14-10-,25-21-,26-22-,28-24-,37-33-,38-34-,43-41-,44-42-,45-35-,46-36-,54-50-,56-52-,66-62-,68-64-/t83-,84+,85+/m0/s1. The molecule has 0 heterocycles. The minimum absolute atomic E-state index is 0.0127. The summed E-state index contributed by atoms with van der Waals surface area (Å²) in [5, 5.41) is 10.7. The molecule has 2 unspecified atom stereocenters. The predicted molar refractivity (Wildman–Crippen MR) is 445 cm³/mol. The lowest BCUT2D eigenvalue weighted by Crippen LogP contribution is -2.30. The number of allylic oxidation sites excluding steroid dienone is 30. The molecule has 0 fully saturated rings. The maximum absolute atomic E-state index is 13.1. The highest BCUT2D eigenvalue weighted by molar-refractivity contribution is 7.47. The zero-order valence-electron chi connectivity index (χ0n) is 66.9. The topological polar surface area (TPSA) is 237 Å². The number of unbranched alkanes of at least 4 members (excludes halogenated alkanes) is 19. The summed E-state index contributed by atoms with van der Waals surface area (Å²) in [6.07, 6.45) is 96.1. The molecule has 17 nitrogen and oxygen atoms in total.